The Hall–Kier alpha value is -1.62. The quantitative estimate of drug-likeness (QED) is 0.746. The van der Waals surface area contributed by atoms with E-state index in [0.717, 1.165) is 28.0 Å². The number of aryl methyl sites for hydroxylation is 2. The second kappa shape index (κ2) is 6.89. The third kappa shape index (κ3) is 3.73. The first-order chi connectivity index (χ1) is 10.0. The van der Waals surface area contributed by atoms with Gasteiger partial charge in [-0.25, -0.2) is 0 Å². The van der Waals surface area contributed by atoms with Gasteiger partial charge in [-0.3, -0.25) is 9.48 Å². The second-order valence-corrected chi connectivity index (χ2v) is 5.74. The molecule has 5 heteroatoms. The molecular weight excluding hydrogens is 332 g/mol. The molecule has 0 saturated carbocycles. The number of hydrogen-bond acceptors (Lipinski definition) is 3. The zero-order chi connectivity index (χ0) is 15.4. The predicted molar refractivity (Wildman–Crippen MR) is 85.9 cm³/mol. The molecule has 0 aliphatic carbocycles. The second-order valence-electron chi connectivity index (χ2n) is 4.95. The SMILES string of the molecule is CCCOc1cccc(C(=O)Cc2c(Br)c(C)nn2C)c1. The lowest BCUT2D eigenvalue weighted by Gasteiger charge is -2.07. The molecule has 112 valence electrons. The van der Waals surface area contributed by atoms with Crippen LogP contribution in [0.2, 0.25) is 0 Å². The molecule has 0 radical (unpaired) electrons. The van der Waals surface area contributed by atoms with Crippen molar-refractivity contribution in [2.45, 2.75) is 26.7 Å². The molecule has 0 N–H and O–H groups in total. The highest BCUT2D eigenvalue weighted by atomic mass is 79.9. The van der Waals surface area contributed by atoms with Gasteiger partial charge in [0.1, 0.15) is 5.75 Å². The normalized spacial score (nSPS) is 10.7. The molecule has 21 heavy (non-hydrogen) atoms. The van der Waals surface area contributed by atoms with Gasteiger partial charge in [0.15, 0.2) is 5.78 Å². The minimum absolute atomic E-state index is 0.0562. The summed E-state index contributed by atoms with van der Waals surface area (Å²) in [5, 5.41) is 4.31. The van der Waals surface area contributed by atoms with Crippen molar-refractivity contribution >= 4 is 21.7 Å². The molecular formula is C16H19BrN2O2. The Labute approximate surface area is 133 Å². The van der Waals surface area contributed by atoms with Crippen LogP contribution in [0.5, 0.6) is 5.75 Å². The molecule has 2 rings (SSSR count). The van der Waals surface area contributed by atoms with E-state index < -0.39 is 0 Å². The first-order valence-electron chi connectivity index (χ1n) is 6.97. The number of Topliss-reactive ketones (excluding diaryl/α,β-unsaturated/α-hetero) is 1. The number of ketones is 1. The van der Waals surface area contributed by atoms with Gasteiger partial charge in [0.25, 0.3) is 0 Å². The number of ether oxygens (including phenoxy) is 1. The lowest BCUT2D eigenvalue weighted by molar-refractivity contribution is 0.0990. The Kier molecular flexibility index (Phi) is 5.17. The number of rotatable bonds is 6. The van der Waals surface area contributed by atoms with Gasteiger partial charge in [0.2, 0.25) is 0 Å². The standard InChI is InChI=1S/C16H19BrN2O2/c1-4-8-21-13-7-5-6-12(9-13)15(20)10-14-16(17)11(2)18-19(14)3/h5-7,9H,4,8,10H2,1-3H3. The van der Waals surface area contributed by atoms with Crippen molar-refractivity contribution in [1.82, 2.24) is 9.78 Å². The fraction of sp³-hybridized carbons (Fsp3) is 0.375. The number of benzene rings is 1. The Morgan fingerprint density at radius 2 is 2.19 bits per heavy atom. The molecule has 2 aromatic rings. The van der Waals surface area contributed by atoms with Gasteiger partial charge in [-0.15, -0.1) is 0 Å². The van der Waals surface area contributed by atoms with Gasteiger partial charge >= 0.3 is 0 Å². The van der Waals surface area contributed by atoms with Crippen molar-refractivity contribution in [2.75, 3.05) is 6.61 Å². The van der Waals surface area contributed by atoms with Crippen LogP contribution in [0.25, 0.3) is 0 Å². The highest BCUT2D eigenvalue weighted by Crippen LogP contribution is 2.22. The van der Waals surface area contributed by atoms with Crippen molar-refractivity contribution in [3.8, 4) is 5.75 Å². The first kappa shape index (κ1) is 15.8. The van der Waals surface area contributed by atoms with E-state index in [2.05, 4.69) is 28.0 Å². The molecule has 0 bridgehead atoms. The Morgan fingerprint density at radius 3 is 2.81 bits per heavy atom. The molecule has 1 heterocycles. The summed E-state index contributed by atoms with van der Waals surface area (Å²) in [5.74, 6) is 0.795. The van der Waals surface area contributed by atoms with Crippen LogP contribution in [0, 0.1) is 6.92 Å². The fourth-order valence-corrected chi connectivity index (χ4v) is 2.58. The van der Waals surface area contributed by atoms with Crippen molar-refractivity contribution < 1.29 is 9.53 Å². The van der Waals surface area contributed by atoms with Gasteiger partial charge < -0.3 is 4.74 Å². The molecule has 4 nitrogen and oxygen atoms in total. The molecule has 0 saturated heterocycles. The van der Waals surface area contributed by atoms with Gasteiger partial charge in [0.05, 0.1) is 28.9 Å². The lowest BCUT2D eigenvalue weighted by Crippen LogP contribution is -2.08. The summed E-state index contributed by atoms with van der Waals surface area (Å²) in [6.07, 6.45) is 1.26. The zero-order valence-electron chi connectivity index (χ0n) is 12.5. The molecule has 0 atom stereocenters. The number of hydrogen-bond donors (Lipinski definition) is 0. The van der Waals surface area contributed by atoms with Crippen LogP contribution in [0.4, 0.5) is 0 Å². The molecule has 1 aromatic carbocycles. The largest absolute Gasteiger partial charge is 0.494 e. The van der Waals surface area contributed by atoms with E-state index >= 15 is 0 Å². The van der Waals surface area contributed by atoms with Crippen molar-refractivity contribution in [1.29, 1.82) is 0 Å². The van der Waals surface area contributed by atoms with E-state index in [9.17, 15) is 4.79 Å². The number of nitrogens with zero attached hydrogens (tertiary/aromatic N) is 2. The maximum absolute atomic E-state index is 12.4. The number of carbonyl (C=O) groups is 1. The Morgan fingerprint density at radius 1 is 1.43 bits per heavy atom. The van der Waals surface area contributed by atoms with Crippen molar-refractivity contribution in [3.05, 3.63) is 45.7 Å². The van der Waals surface area contributed by atoms with E-state index in [1.807, 2.05) is 32.2 Å². The van der Waals surface area contributed by atoms with Gasteiger partial charge in [-0.2, -0.15) is 5.10 Å². The van der Waals surface area contributed by atoms with Crippen molar-refractivity contribution in [2.24, 2.45) is 7.05 Å². The molecule has 0 unspecified atom stereocenters. The highest BCUT2D eigenvalue weighted by molar-refractivity contribution is 9.10. The number of carbonyl (C=O) groups excluding carboxylic acids is 1. The van der Waals surface area contributed by atoms with Gasteiger partial charge in [-0.05, 0) is 41.4 Å². The first-order valence-corrected chi connectivity index (χ1v) is 7.76. The van der Waals surface area contributed by atoms with E-state index in [4.69, 9.17) is 4.74 Å². The Balaban J connectivity index is 2.16. The topological polar surface area (TPSA) is 44.1 Å². The molecule has 0 fully saturated rings. The molecule has 0 aliphatic rings. The average Bonchev–Trinajstić information content (AvgIpc) is 2.72. The van der Waals surface area contributed by atoms with Crippen LogP contribution >= 0.6 is 15.9 Å². The Bertz CT molecular complexity index is 650. The van der Waals surface area contributed by atoms with Crippen LogP contribution in [0.3, 0.4) is 0 Å². The maximum atomic E-state index is 12.4. The van der Waals surface area contributed by atoms with E-state index in [-0.39, 0.29) is 5.78 Å². The number of aromatic nitrogens is 2. The zero-order valence-corrected chi connectivity index (χ0v) is 14.1. The molecule has 1 aromatic heterocycles. The summed E-state index contributed by atoms with van der Waals surface area (Å²) < 4.78 is 8.21. The monoisotopic (exact) mass is 350 g/mol. The molecule has 0 aliphatic heterocycles. The lowest BCUT2D eigenvalue weighted by atomic mass is 10.1. The van der Waals surface area contributed by atoms with Gasteiger partial charge in [-0.1, -0.05) is 19.1 Å². The minimum Gasteiger partial charge on any atom is -0.494 e. The fourth-order valence-electron chi connectivity index (χ4n) is 2.11. The summed E-state index contributed by atoms with van der Waals surface area (Å²) in [5.41, 5.74) is 2.44. The van der Waals surface area contributed by atoms with Crippen LogP contribution in [0.1, 0.15) is 35.1 Å². The van der Waals surface area contributed by atoms with E-state index in [1.54, 1.807) is 10.7 Å². The summed E-state index contributed by atoms with van der Waals surface area (Å²) in [7, 11) is 1.85. The van der Waals surface area contributed by atoms with Gasteiger partial charge in [0, 0.05) is 12.6 Å². The highest BCUT2D eigenvalue weighted by Gasteiger charge is 2.16. The average molecular weight is 351 g/mol. The predicted octanol–water partition coefficient (Wildman–Crippen LogP) is 3.71. The third-order valence-electron chi connectivity index (χ3n) is 3.22. The minimum atomic E-state index is 0.0562. The molecule has 0 amide bonds. The number of halogens is 1. The summed E-state index contributed by atoms with van der Waals surface area (Å²) in [6.45, 7) is 4.62. The van der Waals surface area contributed by atoms with E-state index in [0.29, 0.717) is 18.6 Å². The van der Waals surface area contributed by atoms with Crippen LogP contribution in [-0.2, 0) is 13.5 Å². The van der Waals surface area contributed by atoms with Crippen LogP contribution in [0.15, 0.2) is 28.7 Å². The van der Waals surface area contributed by atoms with Crippen molar-refractivity contribution in [3.63, 3.8) is 0 Å². The summed E-state index contributed by atoms with van der Waals surface area (Å²) in [4.78, 5) is 12.4. The third-order valence-corrected chi connectivity index (χ3v) is 4.25. The van der Waals surface area contributed by atoms with Crippen LogP contribution in [-0.4, -0.2) is 22.2 Å². The smallest absolute Gasteiger partial charge is 0.168 e. The van der Waals surface area contributed by atoms with Crippen LogP contribution < -0.4 is 4.74 Å². The van der Waals surface area contributed by atoms with E-state index in [1.165, 1.54) is 0 Å². The molecule has 0 spiro atoms. The summed E-state index contributed by atoms with van der Waals surface area (Å²) in [6, 6.07) is 7.34. The summed E-state index contributed by atoms with van der Waals surface area (Å²) >= 11 is 3.49. The maximum Gasteiger partial charge on any atom is 0.168 e.